The van der Waals surface area contributed by atoms with Gasteiger partial charge in [0.1, 0.15) is 11.6 Å². The molecule has 0 saturated heterocycles. The molecular formula is C14H15IN2O2. The van der Waals surface area contributed by atoms with Crippen molar-refractivity contribution in [1.29, 1.82) is 5.26 Å². The highest BCUT2D eigenvalue weighted by molar-refractivity contribution is 14.1. The van der Waals surface area contributed by atoms with Gasteiger partial charge in [-0.3, -0.25) is 0 Å². The molecule has 2 aliphatic rings. The lowest BCUT2D eigenvalue weighted by Crippen LogP contribution is -2.33. The minimum atomic E-state index is -0.233. The van der Waals surface area contributed by atoms with E-state index in [1.807, 2.05) is 0 Å². The van der Waals surface area contributed by atoms with Crippen LogP contribution in [0.15, 0.2) is 0 Å². The van der Waals surface area contributed by atoms with Crippen LogP contribution in [0.5, 0.6) is 5.88 Å². The van der Waals surface area contributed by atoms with Crippen molar-refractivity contribution in [1.82, 2.24) is 4.98 Å². The number of nitriles is 1. The third-order valence-electron chi connectivity index (χ3n) is 3.77. The molecule has 1 saturated carbocycles. The van der Waals surface area contributed by atoms with E-state index in [0.717, 1.165) is 23.2 Å². The van der Waals surface area contributed by atoms with Crippen LogP contribution in [0.3, 0.4) is 0 Å². The Hall–Kier alpha value is -0.870. The second-order valence-electron chi connectivity index (χ2n) is 5.82. The first-order valence-corrected chi connectivity index (χ1v) is 7.32. The SMILES string of the molecule is CC1(C)Cc2c(C#N)c(OI)nc(C3CC3)c2CO1. The van der Waals surface area contributed by atoms with Gasteiger partial charge in [0.05, 0.1) is 17.9 Å². The summed E-state index contributed by atoms with van der Waals surface area (Å²) in [6.45, 7) is 4.66. The van der Waals surface area contributed by atoms with E-state index in [1.165, 1.54) is 12.8 Å². The molecule has 0 amide bonds. The number of nitrogens with zero attached hydrogens (tertiary/aromatic N) is 2. The number of fused-ring (bicyclic) bond motifs is 1. The predicted molar refractivity (Wildman–Crippen MR) is 78.1 cm³/mol. The van der Waals surface area contributed by atoms with Gasteiger partial charge in [-0.15, -0.1) is 0 Å². The van der Waals surface area contributed by atoms with Crippen molar-refractivity contribution in [3.8, 4) is 11.9 Å². The maximum absolute atomic E-state index is 9.41. The van der Waals surface area contributed by atoms with Gasteiger partial charge in [-0.05, 0) is 32.3 Å². The smallest absolute Gasteiger partial charge is 0.243 e. The number of halogens is 1. The van der Waals surface area contributed by atoms with Crippen molar-refractivity contribution in [3.63, 3.8) is 0 Å². The first-order valence-electron chi connectivity index (χ1n) is 6.44. The zero-order valence-corrected chi connectivity index (χ0v) is 13.2. The molecule has 1 aromatic rings. The summed E-state index contributed by atoms with van der Waals surface area (Å²) in [5, 5.41) is 9.41. The zero-order valence-electron chi connectivity index (χ0n) is 11.0. The summed E-state index contributed by atoms with van der Waals surface area (Å²) in [7, 11) is 0. The second kappa shape index (κ2) is 4.60. The summed E-state index contributed by atoms with van der Waals surface area (Å²) in [6, 6.07) is 2.25. The lowest BCUT2D eigenvalue weighted by molar-refractivity contribution is -0.0407. The second-order valence-corrected chi connectivity index (χ2v) is 6.26. The van der Waals surface area contributed by atoms with Gasteiger partial charge in [-0.1, -0.05) is 0 Å². The molecule has 4 nitrogen and oxygen atoms in total. The van der Waals surface area contributed by atoms with E-state index in [4.69, 9.17) is 7.80 Å². The van der Waals surface area contributed by atoms with Crippen LogP contribution in [-0.2, 0) is 17.8 Å². The average molecular weight is 370 g/mol. The van der Waals surface area contributed by atoms with Gasteiger partial charge < -0.3 is 7.80 Å². The van der Waals surface area contributed by atoms with Gasteiger partial charge in [0.15, 0.2) is 23.0 Å². The van der Waals surface area contributed by atoms with E-state index in [-0.39, 0.29) is 5.60 Å². The molecule has 0 aromatic carbocycles. The zero-order chi connectivity index (χ0) is 13.6. The van der Waals surface area contributed by atoms with Crippen LogP contribution in [0.25, 0.3) is 0 Å². The fourth-order valence-electron chi connectivity index (χ4n) is 2.63. The molecule has 1 aliphatic heterocycles. The molecule has 0 bridgehead atoms. The summed E-state index contributed by atoms with van der Waals surface area (Å²) in [6.07, 6.45) is 3.09. The Kier molecular flexibility index (Phi) is 3.18. The first kappa shape index (κ1) is 13.1. The molecule has 100 valence electrons. The van der Waals surface area contributed by atoms with Crippen LogP contribution in [-0.4, -0.2) is 10.6 Å². The van der Waals surface area contributed by atoms with Crippen LogP contribution >= 0.6 is 23.0 Å². The fraction of sp³-hybridized carbons (Fsp3) is 0.571. The maximum atomic E-state index is 9.41. The predicted octanol–water partition coefficient (Wildman–Crippen LogP) is 3.41. The quantitative estimate of drug-likeness (QED) is 0.749. The summed E-state index contributed by atoms with van der Waals surface area (Å²) < 4.78 is 11.2. The molecule has 1 aromatic heterocycles. The van der Waals surface area contributed by atoms with Crippen LogP contribution in [0.4, 0.5) is 0 Å². The highest BCUT2D eigenvalue weighted by Gasteiger charge is 2.36. The molecule has 19 heavy (non-hydrogen) atoms. The van der Waals surface area contributed by atoms with Crippen molar-refractivity contribution < 1.29 is 7.80 Å². The van der Waals surface area contributed by atoms with Crippen molar-refractivity contribution in [2.45, 2.75) is 51.2 Å². The molecule has 0 unspecified atom stereocenters. The largest absolute Gasteiger partial charge is 0.407 e. The highest BCUT2D eigenvalue weighted by atomic mass is 127. The van der Waals surface area contributed by atoms with Gasteiger partial charge in [0.25, 0.3) is 0 Å². The topological polar surface area (TPSA) is 55.1 Å². The number of aromatic nitrogens is 1. The molecule has 3 rings (SSSR count). The molecule has 0 radical (unpaired) electrons. The van der Waals surface area contributed by atoms with Gasteiger partial charge in [0.2, 0.25) is 5.88 Å². The number of ether oxygens (including phenoxy) is 1. The fourth-order valence-corrected chi connectivity index (χ4v) is 2.95. The van der Waals surface area contributed by atoms with Gasteiger partial charge in [-0.2, -0.15) is 5.26 Å². The van der Waals surface area contributed by atoms with E-state index in [0.29, 0.717) is 24.0 Å². The Balaban J connectivity index is 2.20. The third kappa shape index (κ3) is 2.32. The lowest BCUT2D eigenvalue weighted by atomic mass is 9.87. The van der Waals surface area contributed by atoms with Gasteiger partial charge in [0, 0.05) is 17.9 Å². The molecule has 2 heterocycles. The first-order chi connectivity index (χ1) is 9.05. The van der Waals surface area contributed by atoms with Crippen LogP contribution in [0.2, 0.25) is 0 Å². The molecular weight excluding hydrogens is 355 g/mol. The van der Waals surface area contributed by atoms with E-state index >= 15 is 0 Å². The van der Waals surface area contributed by atoms with Crippen molar-refractivity contribution >= 4 is 23.0 Å². The van der Waals surface area contributed by atoms with Gasteiger partial charge >= 0.3 is 0 Å². The molecule has 5 heteroatoms. The normalized spacial score (nSPS) is 20.5. The minimum Gasteiger partial charge on any atom is -0.407 e. The van der Waals surface area contributed by atoms with Crippen LogP contribution in [0, 0.1) is 11.3 Å². The standard InChI is InChI=1S/C14H15IN2O2/c1-14(2)5-9-10(6-16)13(19-15)17-12(8-3-4-8)11(9)7-18-14/h8H,3-5,7H2,1-2H3. The Morgan fingerprint density at radius 3 is 2.74 bits per heavy atom. The summed E-state index contributed by atoms with van der Waals surface area (Å²) in [5.74, 6) is 0.984. The molecule has 1 aliphatic carbocycles. The van der Waals surface area contributed by atoms with E-state index in [2.05, 4.69) is 24.9 Å². The van der Waals surface area contributed by atoms with Crippen molar-refractivity contribution in [2.24, 2.45) is 0 Å². The monoisotopic (exact) mass is 370 g/mol. The lowest BCUT2D eigenvalue weighted by Gasteiger charge is -2.33. The third-order valence-corrected chi connectivity index (χ3v) is 4.19. The molecule has 1 fully saturated rings. The van der Waals surface area contributed by atoms with E-state index < -0.39 is 0 Å². The van der Waals surface area contributed by atoms with Crippen molar-refractivity contribution in [2.75, 3.05) is 0 Å². The average Bonchev–Trinajstić information content (AvgIpc) is 3.19. The Morgan fingerprint density at radius 1 is 1.42 bits per heavy atom. The number of rotatable bonds is 2. The summed E-state index contributed by atoms with van der Waals surface area (Å²) in [4.78, 5) is 4.55. The van der Waals surface area contributed by atoms with Gasteiger partial charge in [-0.25, -0.2) is 4.98 Å². The Bertz CT molecular complexity index is 574. The highest BCUT2D eigenvalue weighted by Crippen LogP contribution is 2.45. The molecule has 0 spiro atoms. The Labute approximate surface area is 126 Å². The molecule has 0 N–H and O–H groups in total. The van der Waals surface area contributed by atoms with E-state index in [1.54, 1.807) is 23.0 Å². The summed E-state index contributed by atoms with van der Waals surface area (Å²) in [5.41, 5.74) is 3.61. The van der Waals surface area contributed by atoms with Crippen LogP contribution in [0.1, 0.15) is 55.0 Å². The number of pyridine rings is 1. The van der Waals surface area contributed by atoms with Crippen molar-refractivity contribution in [3.05, 3.63) is 22.4 Å². The number of hydrogen-bond donors (Lipinski definition) is 0. The minimum absolute atomic E-state index is 0.233. The molecule has 0 atom stereocenters. The van der Waals surface area contributed by atoms with E-state index in [9.17, 15) is 5.26 Å². The Morgan fingerprint density at radius 2 is 2.16 bits per heavy atom. The maximum Gasteiger partial charge on any atom is 0.243 e. The van der Waals surface area contributed by atoms with Crippen LogP contribution < -0.4 is 3.07 Å². The summed E-state index contributed by atoms with van der Waals surface area (Å²) >= 11 is 1.80. The number of hydrogen-bond acceptors (Lipinski definition) is 4.